The lowest BCUT2D eigenvalue weighted by Crippen LogP contribution is -2.47. The summed E-state index contributed by atoms with van der Waals surface area (Å²) < 4.78 is 0. The SMILES string of the molecule is CONC(=O)C(O)C(N)Cc1ccccc1.Cl. The largest absolute Gasteiger partial charge is 0.382 e. The molecule has 2 atom stereocenters. The fourth-order valence-electron chi connectivity index (χ4n) is 1.35. The Bertz CT molecular complexity index is 335. The molecule has 17 heavy (non-hydrogen) atoms. The molecule has 0 heterocycles. The summed E-state index contributed by atoms with van der Waals surface area (Å²) in [6.45, 7) is 0. The van der Waals surface area contributed by atoms with E-state index >= 15 is 0 Å². The van der Waals surface area contributed by atoms with Crippen LogP contribution in [0, 0.1) is 0 Å². The predicted octanol–water partition coefficient (Wildman–Crippen LogP) is 0.0167. The summed E-state index contributed by atoms with van der Waals surface area (Å²) in [5, 5.41) is 9.56. The molecule has 0 bridgehead atoms. The van der Waals surface area contributed by atoms with Crippen molar-refractivity contribution in [2.75, 3.05) is 7.11 Å². The Labute approximate surface area is 106 Å². The zero-order valence-corrected chi connectivity index (χ0v) is 10.3. The number of aliphatic hydroxyl groups excluding tert-OH is 1. The van der Waals surface area contributed by atoms with Crippen molar-refractivity contribution in [2.45, 2.75) is 18.6 Å². The summed E-state index contributed by atoms with van der Waals surface area (Å²) >= 11 is 0. The van der Waals surface area contributed by atoms with Crippen molar-refractivity contribution in [3.8, 4) is 0 Å². The minimum absolute atomic E-state index is 0. The van der Waals surface area contributed by atoms with Crippen molar-refractivity contribution in [3.63, 3.8) is 0 Å². The van der Waals surface area contributed by atoms with E-state index in [-0.39, 0.29) is 12.4 Å². The molecule has 1 aromatic rings. The molecule has 5 nitrogen and oxygen atoms in total. The van der Waals surface area contributed by atoms with E-state index in [1.165, 1.54) is 7.11 Å². The molecule has 0 aromatic heterocycles. The van der Waals surface area contributed by atoms with E-state index in [4.69, 9.17) is 5.73 Å². The average molecular weight is 261 g/mol. The summed E-state index contributed by atoms with van der Waals surface area (Å²) in [6.07, 6.45) is -0.848. The standard InChI is InChI=1S/C11H16N2O3.ClH/c1-16-13-11(15)10(14)9(12)7-8-5-3-2-4-6-8;/h2-6,9-10,14H,7,12H2,1H3,(H,13,15);1H. The van der Waals surface area contributed by atoms with Gasteiger partial charge in [0, 0.05) is 6.04 Å². The van der Waals surface area contributed by atoms with E-state index < -0.39 is 18.1 Å². The van der Waals surface area contributed by atoms with E-state index in [1.807, 2.05) is 35.8 Å². The molecule has 1 rings (SSSR count). The Balaban J connectivity index is 0.00000256. The van der Waals surface area contributed by atoms with Crippen LogP contribution in [0.5, 0.6) is 0 Å². The third-order valence-corrected chi connectivity index (χ3v) is 2.19. The molecular formula is C11H17ClN2O3. The van der Waals surface area contributed by atoms with E-state index in [9.17, 15) is 9.90 Å². The van der Waals surface area contributed by atoms with Gasteiger partial charge in [0.1, 0.15) is 6.10 Å². The number of benzene rings is 1. The Kier molecular flexibility index (Phi) is 7.49. The van der Waals surface area contributed by atoms with E-state index in [1.54, 1.807) is 0 Å². The lowest BCUT2D eigenvalue weighted by Gasteiger charge is -2.17. The van der Waals surface area contributed by atoms with Gasteiger partial charge in [-0.2, -0.15) is 0 Å². The lowest BCUT2D eigenvalue weighted by atomic mass is 10.0. The van der Waals surface area contributed by atoms with Gasteiger partial charge in [-0.3, -0.25) is 9.63 Å². The number of amides is 1. The van der Waals surface area contributed by atoms with Gasteiger partial charge in [0.2, 0.25) is 0 Å². The number of halogens is 1. The molecule has 1 aromatic carbocycles. The van der Waals surface area contributed by atoms with E-state index in [2.05, 4.69) is 4.84 Å². The quantitative estimate of drug-likeness (QED) is 0.652. The Morgan fingerprint density at radius 2 is 2.06 bits per heavy atom. The van der Waals surface area contributed by atoms with Crippen LogP contribution in [-0.4, -0.2) is 30.3 Å². The molecule has 0 radical (unpaired) electrons. The predicted molar refractivity (Wildman–Crippen MR) is 66.5 cm³/mol. The fourth-order valence-corrected chi connectivity index (χ4v) is 1.35. The topological polar surface area (TPSA) is 84.6 Å². The molecule has 0 saturated carbocycles. The van der Waals surface area contributed by atoms with Gasteiger partial charge in [-0.05, 0) is 12.0 Å². The van der Waals surface area contributed by atoms with Gasteiger partial charge < -0.3 is 10.8 Å². The first-order valence-electron chi connectivity index (χ1n) is 4.95. The van der Waals surface area contributed by atoms with Gasteiger partial charge in [-0.1, -0.05) is 30.3 Å². The monoisotopic (exact) mass is 260 g/mol. The van der Waals surface area contributed by atoms with Crippen molar-refractivity contribution >= 4 is 18.3 Å². The number of aliphatic hydroxyl groups is 1. The van der Waals surface area contributed by atoms with Crippen molar-refractivity contribution < 1.29 is 14.7 Å². The van der Waals surface area contributed by atoms with Gasteiger partial charge in [0.15, 0.2) is 0 Å². The summed E-state index contributed by atoms with van der Waals surface area (Å²) in [4.78, 5) is 15.6. The minimum atomic E-state index is -1.28. The van der Waals surface area contributed by atoms with Gasteiger partial charge in [-0.15, -0.1) is 12.4 Å². The van der Waals surface area contributed by atoms with Gasteiger partial charge in [-0.25, -0.2) is 5.48 Å². The maximum Gasteiger partial charge on any atom is 0.273 e. The van der Waals surface area contributed by atoms with Crippen molar-refractivity contribution in [1.82, 2.24) is 5.48 Å². The second-order valence-corrected chi connectivity index (χ2v) is 3.47. The van der Waals surface area contributed by atoms with Gasteiger partial charge in [0.05, 0.1) is 7.11 Å². The zero-order valence-electron chi connectivity index (χ0n) is 9.50. The van der Waals surface area contributed by atoms with Gasteiger partial charge in [0.25, 0.3) is 5.91 Å². The fraction of sp³-hybridized carbons (Fsp3) is 0.364. The highest BCUT2D eigenvalue weighted by Gasteiger charge is 2.22. The number of rotatable bonds is 5. The molecule has 96 valence electrons. The second-order valence-electron chi connectivity index (χ2n) is 3.47. The third kappa shape index (κ3) is 5.14. The molecule has 0 aliphatic heterocycles. The molecule has 0 aliphatic carbocycles. The van der Waals surface area contributed by atoms with Crippen LogP contribution in [0.1, 0.15) is 5.56 Å². The summed E-state index contributed by atoms with van der Waals surface area (Å²) in [6, 6.07) is 8.77. The van der Waals surface area contributed by atoms with E-state index in [0.717, 1.165) is 5.56 Å². The van der Waals surface area contributed by atoms with Crippen molar-refractivity contribution in [2.24, 2.45) is 5.73 Å². The summed E-state index contributed by atoms with van der Waals surface area (Å²) in [5.74, 6) is -0.633. The molecule has 0 fully saturated rings. The highest BCUT2D eigenvalue weighted by atomic mass is 35.5. The highest BCUT2D eigenvalue weighted by molar-refractivity contribution is 5.85. The Morgan fingerprint density at radius 1 is 1.47 bits per heavy atom. The molecule has 1 amide bonds. The number of hydrogen-bond donors (Lipinski definition) is 3. The minimum Gasteiger partial charge on any atom is -0.382 e. The van der Waals surface area contributed by atoms with Crippen LogP contribution < -0.4 is 11.2 Å². The molecule has 0 saturated heterocycles. The number of hydroxylamine groups is 1. The van der Waals surface area contributed by atoms with Crippen LogP contribution >= 0.6 is 12.4 Å². The lowest BCUT2D eigenvalue weighted by molar-refractivity contribution is -0.141. The van der Waals surface area contributed by atoms with Crippen LogP contribution in [0.2, 0.25) is 0 Å². The number of nitrogens with two attached hydrogens (primary N) is 1. The maximum absolute atomic E-state index is 11.2. The number of hydrogen-bond acceptors (Lipinski definition) is 4. The molecule has 0 spiro atoms. The number of nitrogens with one attached hydrogen (secondary N) is 1. The first-order valence-corrected chi connectivity index (χ1v) is 4.95. The van der Waals surface area contributed by atoms with Crippen LogP contribution in [0.15, 0.2) is 30.3 Å². The average Bonchev–Trinajstić information content (AvgIpc) is 2.29. The van der Waals surface area contributed by atoms with Crippen molar-refractivity contribution in [1.29, 1.82) is 0 Å². The summed E-state index contributed by atoms with van der Waals surface area (Å²) in [5.41, 5.74) is 8.73. The number of carbonyl (C=O) groups excluding carboxylic acids is 1. The van der Waals surface area contributed by atoms with Crippen molar-refractivity contribution in [3.05, 3.63) is 35.9 Å². The van der Waals surface area contributed by atoms with Gasteiger partial charge >= 0.3 is 0 Å². The van der Waals surface area contributed by atoms with E-state index in [0.29, 0.717) is 6.42 Å². The molecular weight excluding hydrogens is 244 g/mol. The molecule has 2 unspecified atom stereocenters. The Hall–Kier alpha value is -1.14. The second kappa shape index (κ2) is 8.03. The smallest absolute Gasteiger partial charge is 0.273 e. The molecule has 6 heteroatoms. The third-order valence-electron chi connectivity index (χ3n) is 2.19. The highest BCUT2D eigenvalue weighted by Crippen LogP contribution is 2.04. The van der Waals surface area contributed by atoms with Crippen LogP contribution in [0.3, 0.4) is 0 Å². The first kappa shape index (κ1) is 15.9. The summed E-state index contributed by atoms with van der Waals surface area (Å²) in [7, 11) is 1.30. The zero-order chi connectivity index (χ0) is 12.0. The number of carbonyl (C=O) groups is 1. The van der Waals surface area contributed by atoms with Crippen LogP contribution in [0.25, 0.3) is 0 Å². The molecule has 4 N–H and O–H groups in total. The van der Waals surface area contributed by atoms with Crippen LogP contribution in [-0.2, 0) is 16.1 Å². The first-order chi connectivity index (χ1) is 7.65. The molecule has 0 aliphatic rings. The maximum atomic E-state index is 11.2. The van der Waals surface area contributed by atoms with Crippen LogP contribution in [0.4, 0.5) is 0 Å². The normalized spacial score (nSPS) is 13.4. The Morgan fingerprint density at radius 3 is 2.59 bits per heavy atom.